The molecule has 4 aromatic heterocycles. The van der Waals surface area contributed by atoms with E-state index in [1.165, 1.54) is 17.0 Å². The predicted octanol–water partition coefficient (Wildman–Crippen LogP) is 22.5. The number of nitriles is 4. The Morgan fingerprint density at radius 3 is 1.30 bits per heavy atom. The quantitative estimate of drug-likeness (QED) is 0.0761. The van der Waals surface area contributed by atoms with E-state index < -0.39 is 0 Å². The zero-order valence-corrected chi connectivity index (χ0v) is 63.7. The molecule has 542 valence electrons. The van der Waals surface area contributed by atoms with Crippen molar-refractivity contribution in [1.29, 1.82) is 21.0 Å². The van der Waals surface area contributed by atoms with Crippen LogP contribution in [0, 0.1) is 51.2 Å². The van der Waals surface area contributed by atoms with Gasteiger partial charge in [0.1, 0.15) is 64.6 Å². The Balaban J connectivity index is 0.000000149. The largest absolute Gasteiger partial charge is 0.490 e. The van der Waals surface area contributed by atoms with E-state index in [-0.39, 0.29) is 30.2 Å². The number of hydrogen-bond donors (Lipinski definition) is 2. The Labute approximate surface area is 632 Å². The summed E-state index contributed by atoms with van der Waals surface area (Å²) in [6.07, 6.45) is 23.3. The molecule has 4 fully saturated rings. The van der Waals surface area contributed by atoms with Gasteiger partial charge in [0.25, 0.3) is 0 Å². The summed E-state index contributed by atoms with van der Waals surface area (Å²) in [5.74, 6) is 8.43. The standard InChI is InChI=1S/C23H24ClN3O.C23H25ClN2O2.2C19H22ClN3O/c1-14(2)16-6-10-21-22(11-16)27-23(26-21)15-3-7-18(8-4-15)28-19-9-5-17(13-25)20(24)12-19;1-15(2)18-6-10-22(26-14-18)23(27)11-16-3-7-19(8-4-16)28-20-9-5-17(13-25)21(24)12-20;1-12(2)19-22-11-18(23-19)13-3-6-15(7-4-13)24-16-8-5-14(10-21)17(20)9-16;1-13(2)23-10-9-19(22-23)14-3-6-16(7-4-14)24-17-8-5-15(12-21)18(20)11-17/h5-6,9-12,14-15,18H,3-4,7-8H2,1-2H3,(H,26,27);5-6,9-10,12,14-16,19H,3-4,7-8,11H2,1-2H3;5,8-9,11-13,15H,3-4,6-7H2,1-2H3,(H,22,23);5,8-11,13-14,16H,3-4,6-7H2,1-2H3. The zero-order valence-electron chi connectivity index (χ0n) is 60.7. The Morgan fingerprint density at radius 1 is 0.481 bits per heavy atom. The number of pyridine rings is 1. The van der Waals surface area contributed by atoms with Crippen molar-refractivity contribution < 1.29 is 23.7 Å². The van der Waals surface area contributed by atoms with Gasteiger partial charge < -0.3 is 28.9 Å². The van der Waals surface area contributed by atoms with E-state index in [4.69, 9.17) is 96.5 Å². The van der Waals surface area contributed by atoms with Crippen LogP contribution in [0.3, 0.4) is 0 Å². The van der Waals surface area contributed by atoms with Gasteiger partial charge >= 0.3 is 0 Å². The maximum atomic E-state index is 12.5. The molecule has 9 aromatic rings. The maximum absolute atomic E-state index is 12.5. The lowest BCUT2D eigenvalue weighted by atomic mass is 9.83. The molecule has 0 unspecified atom stereocenters. The second kappa shape index (κ2) is 37.2. The minimum absolute atomic E-state index is 0.124. The summed E-state index contributed by atoms with van der Waals surface area (Å²) in [5, 5.41) is 42.2. The third-order valence-electron chi connectivity index (χ3n) is 20.2. The lowest BCUT2D eigenvalue weighted by molar-refractivity contribution is 0.0897. The zero-order chi connectivity index (χ0) is 74.0. The first-order valence-corrected chi connectivity index (χ1v) is 38.2. The van der Waals surface area contributed by atoms with Gasteiger partial charge in [-0.25, -0.2) is 9.97 Å². The lowest BCUT2D eigenvalue weighted by Crippen LogP contribution is -2.25. The fourth-order valence-electron chi connectivity index (χ4n) is 13.9. The topological polar surface area (TPSA) is 237 Å². The van der Waals surface area contributed by atoms with Crippen molar-refractivity contribution in [3.8, 4) is 47.3 Å². The molecule has 4 aliphatic rings. The lowest BCUT2D eigenvalue weighted by Gasteiger charge is -2.28. The minimum atomic E-state index is 0.124. The molecular formula is C84H93Cl4N11O5. The number of nitrogens with one attached hydrogen (secondary N) is 2. The fourth-order valence-corrected chi connectivity index (χ4v) is 14.7. The van der Waals surface area contributed by atoms with Crippen molar-refractivity contribution in [2.24, 2.45) is 5.92 Å². The molecule has 4 saturated carbocycles. The average molecular weight is 1480 g/mol. The third kappa shape index (κ3) is 21.4. The van der Waals surface area contributed by atoms with Gasteiger partial charge in [0, 0.05) is 84.7 Å². The molecule has 2 N–H and O–H groups in total. The molecule has 0 atom stereocenters. The number of ketones is 1. The van der Waals surface area contributed by atoms with Crippen LogP contribution >= 0.6 is 46.4 Å². The molecule has 5 aromatic carbocycles. The molecule has 0 spiro atoms. The number of H-pyrrole nitrogens is 2. The Morgan fingerprint density at radius 2 is 0.913 bits per heavy atom. The van der Waals surface area contributed by atoms with Crippen LogP contribution in [0.1, 0.15) is 273 Å². The molecular weight excluding hydrogens is 1380 g/mol. The van der Waals surface area contributed by atoms with Crippen LogP contribution in [0.25, 0.3) is 11.0 Å². The van der Waals surface area contributed by atoms with Crippen LogP contribution in [0.5, 0.6) is 23.0 Å². The minimum Gasteiger partial charge on any atom is -0.490 e. The van der Waals surface area contributed by atoms with Gasteiger partial charge in [-0.3, -0.25) is 14.5 Å². The second-order valence-corrected chi connectivity index (χ2v) is 30.7. The van der Waals surface area contributed by atoms with Gasteiger partial charge in [-0.05, 0) is 218 Å². The molecule has 0 radical (unpaired) electrons. The number of halogens is 4. The third-order valence-corrected chi connectivity index (χ3v) is 21.5. The number of benzene rings is 5. The summed E-state index contributed by atoms with van der Waals surface area (Å²) in [7, 11) is 0. The Bertz CT molecular complexity index is 4380. The molecule has 20 heteroatoms. The number of ether oxygens (including phenoxy) is 4. The monoisotopic (exact) mass is 1480 g/mol. The molecule has 0 amide bonds. The van der Waals surface area contributed by atoms with Crippen molar-refractivity contribution in [1.82, 2.24) is 34.7 Å². The van der Waals surface area contributed by atoms with Crippen LogP contribution < -0.4 is 18.9 Å². The highest BCUT2D eigenvalue weighted by molar-refractivity contribution is 6.32. The first kappa shape index (κ1) is 77.7. The molecule has 13 rings (SSSR count). The first-order valence-electron chi connectivity index (χ1n) is 36.7. The number of carbonyl (C=O) groups is 1. The number of nitrogens with zero attached hydrogens (tertiary/aromatic N) is 9. The summed E-state index contributed by atoms with van der Waals surface area (Å²) < 4.78 is 26.2. The molecule has 0 saturated heterocycles. The van der Waals surface area contributed by atoms with Gasteiger partial charge in [0.15, 0.2) is 5.78 Å². The number of imidazole rings is 2. The van der Waals surface area contributed by atoms with E-state index in [0.29, 0.717) is 108 Å². The van der Waals surface area contributed by atoms with E-state index >= 15 is 0 Å². The molecule has 104 heavy (non-hydrogen) atoms. The number of rotatable bonds is 18. The first-order chi connectivity index (χ1) is 50.1. The second-order valence-electron chi connectivity index (χ2n) is 29.1. The van der Waals surface area contributed by atoms with Gasteiger partial charge in [-0.2, -0.15) is 26.1 Å². The van der Waals surface area contributed by atoms with Crippen LogP contribution in [-0.2, 0) is 0 Å². The van der Waals surface area contributed by atoms with E-state index in [9.17, 15) is 4.79 Å². The Hall–Kier alpha value is -8.87. The van der Waals surface area contributed by atoms with Crippen molar-refractivity contribution in [3.05, 3.63) is 210 Å². The van der Waals surface area contributed by atoms with Crippen LogP contribution in [0.2, 0.25) is 20.1 Å². The molecule has 4 aliphatic carbocycles. The van der Waals surface area contributed by atoms with Crippen molar-refractivity contribution >= 4 is 63.2 Å². The van der Waals surface area contributed by atoms with Crippen molar-refractivity contribution in [3.63, 3.8) is 0 Å². The van der Waals surface area contributed by atoms with E-state index in [1.807, 2.05) is 53.5 Å². The van der Waals surface area contributed by atoms with Gasteiger partial charge in [0.2, 0.25) is 0 Å². The average Bonchev–Trinajstić information content (AvgIpc) is 1.65. The normalized spacial score (nSPS) is 20.1. The summed E-state index contributed by atoms with van der Waals surface area (Å²) in [6.45, 7) is 17.2. The predicted molar refractivity (Wildman–Crippen MR) is 411 cm³/mol. The van der Waals surface area contributed by atoms with Gasteiger partial charge in [0.05, 0.1) is 83.5 Å². The smallest absolute Gasteiger partial charge is 0.181 e. The molecule has 0 aliphatic heterocycles. The van der Waals surface area contributed by atoms with E-state index in [2.05, 4.69) is 124 Å². The van der Waals surface area contributed by atoms with E-state index in [0.717, 1.165) is 148 Å². The molecule has 0 bridgehead atoms. The van der Waals surface area contributed by atoms with Crippen molar-refractivity contribution in [2.75, 3.05) is 0 Å². The highest BCUT2D eigenvalue weighted by Crippen LogP contribution is 2.40. The number of aromatic nitrogens is 7. The van der Waals surface area contributed by atoms with Crippen molar-refractivity contribution in [2.45, 2.75) is 231 Å². The van der Waals surface area contributed by atoms with E-state index in [1.54, 1.807) is 54.6 Å². The molecule has 4 heterocycles. The SMILES string of the molecule is CC(C)c1ccc(C(=O)CC2CCC(Oc3ccc(C#N)c(Cl)c3)CC2)nc1.CC(C)c1ccc2nc(C3CCC(Oc4ccc(C#N)c(Cl)c4)CC3)[nH]c2c1.CC(C)c1ncc(C2CCC(Oc3ccc(C#N)c(Cl)c3)CC2)[nH]1.CC(C)n1ccc(C2CCC(Oc3ccc(C#N)c(Cl)c3)CC2)n1. The summed E-state index contributed by atoms with van der Waals surface area (Å²) in [5.41, 5.74) is 9.56. The summed E-state index contributed by atoms with van der Waals surface area (Å²) in [4.78, 5) is 33.2. The summed E-state index contributed by atoms with van der Waals surface area (Å²) >= 11 is 24.3. The van der Waals surface area contributed by atoms with Gasteiger partial charge in [-0.15, -0.1) is 0 Å². The number of aromatic amines is 2. The maximum Gasteiger partial charge on any atom is 0.181 e. The fraction of sp³-hybridized carbons (Fsp3) is 0.440. The number of carbonyl (C=O) groups excluding carboxylic acids is 1. The highest BCUT2D eigenvalue weighted by atomic mass is 35.5. The highest BCUT2D eigenvalue weighted by Gasteiger charge is 2.30. The van der Waals surface area contributed by atoms with Crippen LogP contribution in [0.4, 0.5) is 0 Å². The number of Topliss-reactive ketones (excluding diaryl/α,β-unsaturated/α-hetero) is 1. The number of hydrogen-bond acceptors (Lipinski definition) is 13. The van der Waals surface area contributed by atoms with Crippen LogP contribution in [-0.4, -0.2) is 64.9 Å². The van der Waals surface area contributed by atoms with Gasteiger partial charge in [-0.1, -0.05) is 100 Å². The van der Waals surface area contributed by atoms with Crippen LogP contribution in [0.15, 0.2) is 128 Å². The molecule has 16 nitrogen and oxygen atoms in total. The Kier molecular flexibility index (Phi) is 27.8. The summed E-state index contributed by atoms with van der Waals surface area (Å²) in [6, 6.07) is 42.1. The number of fused-ring (bicyclic) bond motifs is 1.